The Hall–Kier alpha value is -7.16. The van der Waals surface area contributed by atoms with Crippen molar-refractivity contribution in [3.05, 3.63) is 218 Å². The predicted octanol–water partition coefficient (Wildman–Crippen LogP) is 14.4. The summed E-state index contributed by atoms with van der Waals surface area (Å²) in [6.07, 6.45) is 0. The molecule has 54 heavy (non-hydrogen) atoms. The minimum absolute atomic E-state index is 0.189. The van der Waals surface area contributed by atoms with Crippen molar-refractivity contribution in [3.63, 3.8) is 0 Å². The first kappa shape index (κ1) is 26.6. The van der Waals surface area contributed by atoms with E-state index in [9.17, 15) is 0 Å². The zero-order chi connectivity index (χ0) is 40.2. The topological polar surface area (TPSA) is 8.17 Å². The molecule has 0 saturated heterocycles. The molecule has 9 aromatic carbocycles. The molecule has 0 aliphatic rings. The number of hydrogen-bond donors (Lipinski definition) is 0. The number of anilines is 3. The van der Waals surface area contributed by atoms with Gasteiger partial charge in [0.1, 0.15) is 0 Å². The molecule has 10 aromatic rings. The van der Waals surface area contributed by atoms with Crippen molar-refractivity contribution in [1.29, 1.82) is 0 Å². The van der Waals surface area contributed by atoms with Crippen LogP contribution in [0.5, 0.6) is 0 Å². The lowest BCUT2D eigenvalue weighted by molar-refractivity contribution is 1.18. The zero-order valence-corrected chi connectivity index (χ0v) is 29.3. The maximum Gasteiger partial charge on any atom is 0.0629 e. The van der Waals surface area contributed by atoms with Crippen LogP contribution in [0, 0.1) is 0 Å². The van der Waals surface area contributed by atoms with E-state index in [2.05, 4.69) is 149 Å². The second-order valence-electron chi connectivity index (χ2n) is 13.5. The Morgan fingerprint density at radius 3 is 1.69 bits per heavy atom. The summed E-state index contributed by atoms with van der Waals surface area (Å²) < 4.78 is 43.6. The summed E-state index contributed by atoms with van der Waals surface area (Å²) >= 11 is 0. The third kappa shape index (κ3) is 5.71. The molecular weight excluding hydrogens is 653 g/mol. The van der Waals surface area contributed by atoms with E-state index in [1.54, 1.807) is 0 Å². The van der Waals surface area contributed by atoms with Crippen LogP contribution in [-0.2, 0) is 0 Å². The minimum atomic E-state index is -0.398. The molecule has 0 spiro atoms. The maximum absolute atomic E-state index is 8.47. The van der Waals surface area contributed by atoms with E-state index in [0.29, 0.717) is 5.56 Å². The smallest absolute Gasteiger partial charge is 0.0629 e. The zero-order valence-electron chi connectivity index (χ0n) is 34.3. The van der Waals surface area contributed by atoms with Crippen molar-refractivity contribution >= 4 is 49.6 Å². The first-order valence-corrected chi connectivity index (χ1v) is 18.1. The van der Waals surface area contributed by atoms with Crippen molar-refractivity contribution in [2.45, 2.75) is 0 Å². The van der Waals surface area contributed by atoms with Gasteiger partial charge in [-0.1, -0.05) is 145 Å². The first-order chi connectivity index (χ1) is 28.8. The molecule has 0 fully saturated rings. The molecule has 1 aromatic heterocycles. The summed E-state index contributed by atoms with van der Waals surface area (Å²) in [7, 11) is 0. The lowest BCUT2D eigenvalue weighted by atomic mass is 9.99. The molecule has 10 rings (SSSR count). The normalized spacial score (nSPS) is 12.6. The molecule has 0 aliphatic heterocycles. The van der Waals surface area contributed by atoms with Crippen LogP contribution < -0.4 is 4.90 Å². The van der Waals surface area contributed by atoms with Gasteiger partial charge in [0.05, 0.1) is 17.9 Å². The molecule has 0 aliphatic carbocycles. The van der Waals surface area contributed by atoms with E-state index in [-0.39, 0.29) is 29.7 Å². The molecular formula is C52H36N2. The number of rotatable bonds is 7. The van der Waals surface area contributed by atoms with Crippen LogP contribution >= 0.6 is 0 Å². The van der Waals surface area contributed by atoms with Gasteiger partial charge in [-0.25, -0.2) is 0 Å². The largest absolute Gasteiger partial charge is 0.310 e. The molecule has 0 N–H and O–H groups in total. The average Bonchev–Trinajstić information content (AvgIpc) is 3.62. The molecule has 2 nitrogen and oxygen atoms in total. The first-order valence-electron chi connectivity index (χ1n) is 20.6. The highest BCUT2D eigenvalue weighted by atomic mass is 15.1. The quantitative estimate of drug-likeness (QED) is 0.161. The van der Waals surface area contributed by atoms with Crippen molar-refractivity contribution in [3.8, 4) is 39.1 Å². The van der Waals surface area contributed by atoms with E-state index in [4.69, 9.17) is 6.85 Å². The summed E-state index contributed by atoms with van der Waals surface area (Å²) in [5.74, 6) is 0. The number of para-hydroxylation sites is 2. The summed E-state index contributed by atoms with van der Waals surface area (Å²) in [6.45, 7) is 0. The van der Waals surface area contributed by atoms with E-state index >= 15 is 0 Å². The third-order valence-corrected chi connectivity index (χ3v) is 10.2. The van der Waals surface area contributed by atoms with Crippen molar-refractivity contribution in [2.75, 3.05) is 4.90 Å². The van der Waals surface area contributed by atoms with Crippen LogP contribution in [0.4, 0.5) is 17.1 Å². The summed E-state index contributed by atoms with van der Waals surface area (Å²) in [4.78, 5) is 2.16. The van der Waals surface area contributed by atoms with Gasteiger partial charge < -0.3 is 9.47 Å². The fraction of sp³-hybridized carbons (Fsp3) is 0. The highest BCUT2D eigenvalue weighted by Crippen LogP contribution is 2.39. The third-order valence-electron chi connectivity index (χ3n) is 10.2. The van der Waals surface area contributed by atoms with Gasteiger partial charge in [0.2, 0.25) is 0 Å². The number of aromatic nitrogens is 1. The molecule has 0 saturated carbocycles. The lowest BCUT2D eigenvalue weighted by Crippen LogP contribution is -2.09. The predicted molar refractivity (Wildman–Crippen MR) is 229 cm³/mol. The molecule has 0 unspecified atom stereocenters. The van der Waals surface area contributed by atoms with Crippen molar-refractivity contribution in [2.24, 2.45) is 0 Å². The Bertz CT molecular complexity index is 3170. The van der Waals surface area contributed by atoms with Gasteiger partial charge in [-0.05, 0) is 117 Å². The molecule has 0 radical (unpaired) electrons. The van der Waals surface area contributed by atoms with Gasteiger partial charge >= 0.3 is 0 Å². The second-order valence-corrected chi connectivity index (χ2v) is 13.5. The summed E-state index contributed by atoms with van der Waals surface area (Å²) in [5, 5.41) is 4.64. The SMILES string of the molecule is [2H]c1c([2H])c([2H])c(-c2ccc(N(c3ccccc3)c3ccc4cc(-c5ccc6c(c5)c5ccccc5n6-c5ccc(-c6ccccc6)cc5)ccc4c3)cc2)c([2H])c1[2H]. The highest BCUT2D eigenvalue weighted by molar-refractivity contribution is 6.10. The number of hydrogen-bond acceptors (Lipinski definition) is 1. The van der Waals surface area contributed by atoms with Crippen molar-refractivity contribution < 1.29 is 6.85 Å². The van der Waals surface area contributed by atoms with Crippen molar-refractivity contribution in [1.82, 2.24) is 4.57 Å². The standard InChI is InChI=1S/C52H36N2/c1-4-12-37(13-5-1)39-22-28-46(29-23-39)53(45-16-8-3-9-17-45)48-32-26-42-34-41(20-21-43(42)35-48)44-27-33-52-50(36-44)49-18-10-11-19-51(49)54(52)47-30-24-40(25-31-47)38-14-6-2-7-15-38/h1-36H/i1D,4D,5D,12D,13D. The van der Waals surface area contributed by atoms with Gasteiger partial charge in [0.25, 0.3) is 0 Å². The van der Waals surface area contributed by atoms with E-state index in [0.717, 1.165) is 50.2 Å². The Balaban J connectivity index is 1.00. The second kappa shape index (κ2) is 13.4. The van der Waals surface area contributed by atoms with Gasteiger partial charge in [-0.15, -0.1) is 0 Å². The van der Waals surface area contributed by atoms with Gasteiger partial charge in [0, 0.05) is 33.5 Å². The van der Waals surface area contributed by atoms with E-state index < -0.39 is 6.04 Å². The van der Waals surface area contributed by atoms with Gasteiger partial charge in [-0.2, -0.15) is 0 Å². The van der Waals surface area contributed by atoms with E-state index in [1.807, 2.05) is 48.5 Å². The molecule has 0 bridgehead atoms. The Morgan fingerprint density at radius 2 is 0.889 bits per heavy atom. The van der Waals surface area contributed by atoms with Crippen LogP contribution in [0.15, 0.2) is 218 Å². The van der Waals surface area contributed by atoms with Gasteiger partial charge in [0.15, 0.2) is 0 Å². The van der Waals surface area contributed by atoms with Crippen LogP contribution in [0.25, 0.3) is 71.6 Å². The van der Waals surface area contributed by atoms with Crippen LogP contribution in [-0.4, -0.2) is 4.57 Å². The molecule has 2 heteroatoms. The highest BCUT2D eigenvalue weighted by Gasteiger charge is 2.16. The Morgan fingerprint density at radius 1 is 0.352 bits per heavy atom. The van der Waals surface area contributed by atoms with E-state index in [1.165, 1.54) is 27.4 Å². The maximum atomic E-state index is 8.47. The summed E-state index contributed by atoms with van der Waals surface area (Å²) in [5.41, 5.74) is 11.7. The molecule has 0 atom stereocenters. The molecule has 1 heterocycles. The number of nitrogens with zero attached hydrogens (tertiary/aromatic N) is 2. The fourth-order valence-electron chi connectivity index (χ4n) is 7.61. The monoisotopic (exact) mass is 693 g/mol. The van der Waals surface area contributed by atoms with Crippen LogP contribution in [0.2, 0.25) is 0 Å². The Kier molecular flexibility index (Phi) is 6.61. The van der Waals surface area contributed by atoms with Crippen LogP contribution in [0.3, 0.4) is 0 Å². The Labute approximate surface area is 322 Å². The average molecular weight is 694 g/mol. The summed E-state index contributed by atoms with van der Waals surface area (Å²) in [6, 6.07) is 63.9. The lowest BCUT2D eigenvalue weighted by Gasteiger charge is -2.26. The minimum Gasteiger partial charge on any atom is -0.310 e. The molecule has 0 amide bonds. The van der Waals surface area contributed by atoms with Gasteiger partial charge in [-0.3, -0.25) is 0 Å². The number of fused-ring (bicyclic) bond motifs is 4. The fourth-order valence-corrected chi connectivity index (χ4v) is 7.61. The van der Waals surface area contributed by atoms with Crippen LogP contribution in [0.1, 0.15) is 6.85 Å². The molecule has 254 valence electrons. The number of benzene rings is 9.